The van der Waals surface area contributed by atoms with E-state index in [2.05, 4.69) is 39.9 Å². The van der Waals surface area contributed by atoms with Crippen LogP contribution in [0.4, 0.5) is 0 Å². The van der Waals surface area contributed by atoms with Crippen LogP contribution in [-0.2, 0) is 13.1 Å². The fourth-order valence-corrected chi connectivity index (χ4v) is 4.70. The number of rotatable bonds is 5. The Morgan fingerprint density at radius 2 is 1.87 bits per heavy atom. The predicted octanol–water partition coefficient (Wildman–Crippen LogP) is 3.93. The molecule has 1 aromatic carbocycles. The number of nitrogens with zero attached hydrogens (tertiary/aromatic N) is 3. The van der Waals surface area contributed by atoms with Gasteiger partial charge in [0.2, 0.25) is 0 Å². The van der Waals surface area contributed by atoms with Gasteiger partial charge in [0.25, 0.3) is 5.91 Å². The minimum Gasteiger partial charge on any atom is -0.496 e. The van der Waals surface area contributed by atoms with E-state index in [1.165, 1.54) is 5.69 Å². The SMILES string of the molecule is COc1ccccc1C1c2cccn2CCN1Cc1ccc(C(=O)N2CCCC2)o1. The van der Waals surface area contributed by atoms with Crippen LogP contribution in [0.15, 0.2) is 59.1 Å². The minimum atomic E-state index is 0.00699. The van der Waals surface area contributed by atoms with E-state index in [4.69, 9.17) is 9.15 Å². The van der Waals surface area contributed by atoms with E-state index in [0.29, 0.717) is 12.3 Å². The Morgan fingerprint density at radius 3 is 2.70 bits per heavy atom. The van der Waals surface area contributed by atoms with Crippen LogP contribution in [-0.4, -0.2) is 47.0 Å². The molecule has 3 aromatic rings. The number of para-hydroxylation sites is 1. The van der Waals surface area contributed by atoms with Gasteiger partial charge in [0.05, 0.1) is 19.7 Å². The molecule has 156 valence electrons. The molecule has 2 aliphatic rings. The number of carbonyl (C=O) groups excluding carboxylic acids is 1. The van der Waals surface area contributed by atoms with E-state index >= 15 is 0 Å². The molecule has 1 fully saturated rings. The molecule has 30 heavy (non-hydrogen) atoms. The summed E-state index contributed by atoms with van der Waals surface area (Å²) >= 11 is 0. The van der Waals surface area contributed by atoms with Crippen LogP contribution in [0.25, 0.3) is 0 Å². The summed E-state index contributed by atoms with van der Waals surface area (Å²) < 4.78 is 14.0. The first kappa shape index (κ1) is 19.0. The Bertz CT molecular complexity index is 1030. The summed E-state index contributed by atoms with van der Waals surface area (Å²) in [6.45, 7) is 4.11. The third kappa shape index (κ3) is 3.41. The van der Waals surface area contributed by atoms with Crippen molar-refractivity contribution in [3.63, 3.8) is 0 Å². The van der Waals surface area contributed by atoms with Gasteiger partial charge in [-0.1, -0.05) is 18.2 Å². The number of fused-ring (bicyclic) bond motifs is 1. The number of amides is 1. The molecule has 0 aliphatic carbocycles. The molecular weight excluding hydrogens is 378 g/mol. The van der Waals surface area contributed by atoms with Crippen LogP contribution in [0.2, 0.25) is 0 Å². The molecule has 1 atom stereocenters. The molecule has 0 spiro atoms. The van der Waals surface area contributed by atoms with Crippen LogP contribution >= 0.6 is 0 Å². The van der Waals surface area contributed by atoms with E-state index in [9.17, 15) is 4.79 Å². The van der Waals surface area contributed by atoms with Crippen molar-refractivity contribution in [1.82, 2.24) is 14.4 Å². The van der Waals surface area contributed by atoms with Crippen molar-refractivity contribution in [2.24, 2.45) is 0 Å². The summed E-state index contributed by atoms with van der Waals surface area (Å²) in [6.07, 6.45) is 4.29. The molecular formula is C24H27N3O3. The van der Waals surface area contributed by atoms with E-state index in [-0.39, 0.29) is 11.9 Å². The van der Waals surface area contributed by atoms with Crippen molar-refractivity contribution in [2.45, 2.75) is 32.0 Å². The third-order valence-electron chi connectivity index (χ3n) is 6.20. The van der Waals surface area contributed by atoms with Gasteiger partial charge < -0.3 is 18.6 Å². The fraction of sp³-hybridized carbons (Fsp3) is 0.375. The van der Waals surface area contributed by atoms with Crippen molar-refractivity contribution in [3.05, 3.63) is 77.5 Å². The molecule has 0 saturated carbocycles. The van der Waals surface area contributed by atoms with Gasteiger partial charge in [0, 0.05) is 43.6 Å². The Morgan fingerprint density at radius 1 is 1.03 bits per heavy atom. The molecule has 1 unspecified atom stereocenters. The van der Waals surface area contributed by atoms with Crippen molar-refractivity contribution in [1.29, 1.82) is 0 Å². The lowest BCUT2D eigenvalue weighted by atomic mass is 9.98. The Labute approximate surface area is 176 Å². The number of methoxy groups -OCH3 is 1. The summed E-state index contributed by atoms with van der Waals surface area (Å²) in [5.41, 5.74) is 2.38. The van der Waals surface area contributed by atoms with Crippen molar-refractivity contribution < 1.29 is 13.9 Å². The molecule has 0 N–H and O–H groups in total. The van der Waals surface area contributed by atoms with Crippen LogP contribution in [0.3, 0.4) is 0 Å². The number of carbonyl (C=O) groups is 1. The molecule has 5 rings (SSSR count). The van der Waals surface area contributed by atoms with Gasteiger partial charge in [-0.3, -0.25) is 9.69 Å². The zero-order valence-corrected chi connectivity index (χ0v) is 17.3. The quantitative estimate of drug-likeness (QED) is 0.645. The van der Waals surface area contributed by atoms with Gasteiger partial charge in [0.1, 0.15) is 11.5 Å². The average Bonchev–Trinajstić information content (AvgIpc) is 3.54. The molecule has 0 radical (unpaired) electrons. The van der Waals surface area contributed by atoms with E-state index < -0.39 is 0 Å². The third-order valence-corrected chi connectivity index (χ3v) is 6.20. The predicted molar refractivity (Wildman–Crippen MR) is 114 cm³/mol. The van der Waals surface area contributed by atoms with Gasteiger partial charge in [-0.15, -0.1) is 0 Å². The van der Waals surface area contributed by atoms with Gasteiger partial charge in [0.15, 0.2) is 5.76 Å². The molecule has 4 heterocycles. The van der Waals surface area contributed by atoms with Crippen molar-refractivity contribution in [3.8, 4) is 5.75 Å². The zero-order valence-electron chi connectivity index (χ0n) is 17.3. The average molecular weight is 405 g/mol. The molecule has 6 nitrogen and oxygen atoms in total. The Kier molecular flexibility index (Phi) is 5.09. The fourth-order valence-electron chi connectivity index (χ4n) is 4.70. The summed E-state index contributed by atoms with van der Waals surface area (Å²) in [5, 5.41) is 0. The Hall–Kier alpha value is -2.99. The van der Waals surface area contributed by atoms with Gasteiger partial charge in [-0.05, 0) is 43.2 Å². The molecule has 6 heteroatoms. The maximum Gasteiger partial charge on any atom is 0.289 e. The molecule has 2 aliphatic heterocycles. The highest BCUT2D eigenvalue weighted by Gasteiger charge is 2.31. The second-order valence-electron chi connectivity index (χ2n) is 8.01. The lowest BCUT2D eigenvalue weighted by Crippen LogP contribution is -2.38. The zero-order chi connectivity index (χ0) is 20.5. The first-order valence-electron chi connectivity index (χ1n) is 10.6. The molecule has 0 bridgehead atoms. The van der Waals surface area contributed by atoms with Crippen LogP contribution < -0.4 is 4.74 Å². The smallest absolute Gasteiger partial charge is 0.289 e. The highest BCUT2D eigenvalue weighted by atomic mass is 16.5. The minimum absolute atomic E-state index is 0.00699. The number of benzene rings is 1. The summed E-state index contributed by atoms with van der Waals surface area (Å²) in [5.74, 6) is 2.15. The van der Waals surface area contributed by atoms with E-state index in [0.717, 1.165) is 56.1 Å². The molecule has 1 amide bonds. The summed E-state index contributed by atoms with van der Waals surface area (Å²) in [6, 6.07) is 16.3. The summed E-state index contributed by atoms with van der Waals surface area (Å²) in [7, 11) is 1.72. The monoisotopic (exact) mass is 405 g/mol. The van der Waals surface area contributed by atoms with Crippen LogP contribution in [0, 0.1) is 0 Å². The maximum atomic E-state index is 12.6. The highest BCUT2D eigenvalue weighted by molar-refractivity contribution is 5.91. The second-order valence-corrected chi connectivity index (χ2v) is 8.01. The topological polar surface area (TPSA) is 50.9 Å². The van der Waals surface area contributed by atoms with Crippen molar-refractivity contribution in [2.75, 3.05) is 26.7 Å². The van der Waals surface area contributed by atoms with Gasteiger partial charge >= 0.3 is 0 Å². The number of ether oxygens (including phenoxy) is 1. The number of hydrogen-bond acceptors (Lipinski definition) is 4. The number of hydrogen-bond donors (Lipinski definition) is 0. The normalized spacial score (nSPS) is 19.1. The van der Waals surface area contributed by atoms with E-state index in [1.54, 1.807) is 7.11 Å². The lowest BCUT2D eigenvalue weighted by molar-refractivity contribution is 0.0755. The first-order chi connectivity index (χ1) is 14.7. The summed E-state index contributed by atoms with van der Waals surface area (Å²) in [4.78, 5) is 16.9. The number of aromatic nitrogens is 1. The number of furan rings is 1. The number of likely N-dealkylation sites (tertiary alicyclic amines) is 1. The lowest BCUT2D eigenvalue weighted by Gasteiger charge is -2.37. The van der Waals surface area contributed by atoms with E-state index in [1.807, 2.05) is 29.2 Å². The largest absolute Gasteiger partial charge is 0.496 e. The second kappa shape index (κ2) is 8.03. The molecule has 1 saturated heterocycles. The van der Waals surface area contributed by atoms with Crippen LogP contribution in [0.1, 0.15) is 46.5 Å². The molecule has 2 aromatic heterocycles. The van der Waals surface area contributed by atoms with Gasteiger partial charge in [-0.2, -0.15) is 0 Å². The maximum absolute atomic E-state index is 12.6. The standard InChI is InChI=1S/C24H27N3O3/c1-29-21-9-3-2-7-19(21)23-20-8-6-14-25(20)15-16-27(23)17-18-10-11-22(30-18)24(28)26-12-4-5-13-26/h2-3,6-11,14,23H,4-5,12-13,15-17H2,1H3. The Balaban J connectivity index is 1.43. The van der Waals surface area contributed by atoms with Crippen LogP contribution in [0.5, 0.6) is 5.75 Å². The van der Waals surface area contributed by atoms with Crippen molar-refractivity contribution >= 4 is 5.91 Å². The van der Waals surface area contributed by atoms with Gasteiger partial charge in [-0.25, -0.2) is 0 Å². The highest BCUT2D eigenvalue weighted by Crippen LogP contribution is 2.38. The first-order valence-corrected chi connectivity index (χ1v) is 10.6.